The van der Waals surface area contributed by atoms with Gasteiger partial charge in [-0.3, -0.25) is 4.98 Å². The van der Waals surface area contributed by atoms with Crippen molar-refractivity contribution in [1.29, 1.82) is 0 Å². The van der Waals surface area contributed by atoms with Crippen LogP contribution in [0.2, 0.25) is 5.02 Å². The molecule has 0 aliphatic rings. The monoisotopic (exact) mass is 297 g/mol. The van der Waals surface area contributed by atoms with Gasteiger partial charge in [0, 0.05) is 24.8 Å². The van der Waals surface area contributed by atoms with E-state index in [1.165, 1.54) is 0 Å². The third kappa shape index (κ3) is 2.77. The van der Waals surface area contributed by atoms with Crippen molar-refractivity contribution in [3.05, 3.63) is 53.3 Å². The summed E-state index contributed by atoms with van der Waals surface area (Å²) in [6.45, 7) is 0. The Morgan fingerprint density at radius 1 is 1.25 bits per heavy atom. The highest BCUT2D eigenvalue weighted by Crippen LogP contribution is 2.26. The Morgan fingerprint density at radius 2 is 2.00 bits per heavy atom. The minimum absolute atomic E-state index is 0.0635. The highest BCUT2D eigenvalue weighted by molar-refractivity contribution is 9.09. The second-order valence-electron chi connectivity index (χ2n) is 3.25. The predicted molar refractivity (Wildman–Crippen MR) is 66.7 cm³/mol. The topological polar surface area (TPSA) is 38.7 Å². The van der Waals surface area contributed by atoms with Crippen molar-refractivity contribution < 1.29 is 0 Å². The summed E-state index contributed by atoms with van der Waals surface area (Å²) in [4.78, 5) is 12.4. The first kappa shape index (κ1) is 11.5. The zero-order valence-corrected chi connectivity index (χ0v) is 10.7. The number of rotatable bonds is 3. The van der Waals surface area contributed by atoms with Gasteiger partial charge in [0.25, 0.3) is 0 Å². The van der Waals surface area contributed by atoms with Crippen LogP contribution in [0.3, 0.4) is 0 Å². The Kier molecular flexibility index (Phi) is 3.85. The first-order valence-corrected chi connectivity index (χ1v) is 6.06. The summed E-state index contributed by atoms with van der Waals surface area (Å²) >= 11 is 9.58. The number of aromatic nitrogens is 3. The molecular formula is C11H9BrClN3. The normalized spacial score (nSPS) is 12.4. The van der Waals surface area contributed by atoms with E-state index in [0.29, 0.717) is 5.02 Å². The van der Waals surface area contributed by atoms with Gasteiger partial charge in [-0.15, -0.1) is 0 Å². The third-order valence-corrected chi connectivity index (χ3v) is 3.20. The average molecular weight is 299 g/mol. The van der Waals surface area contributed by atoms with Crippen LogP contribution < -0.4 is 0 Å². The van der Waals surface area contributed by atoms with E-state index in [1.807, 2.05) is 6.07 Å². The fourth-order valence-corrected chi connectivity index (χ4v) is 2.11. The quantitative estimate of drug-likeness (QED) is 0.817. The summed E-state index contributed by atoms with van der Waals surface area (Å²) in [5.41, 5.74) is 1.03. The maximum atomic E-state index is 6.03. The zero-order chi connectivity index (χ0) is 11.4. The van der Waals surface area contributed by atoms with E-state index in [2.05, 4.69) is 30.9 Å². The van der Waals surface area contributed by atoms with Crippen molar-refractivity contribution in [1.82, 2.24) is 15.0 Å². The minimum Gasteiger partial charge on any atom is -0.263 e. The summed E-state index contributed by atoms with van der Waals surface area (Å²) in [6, 6.07) is 3.70. The molecule has 0 aliphatic carbocycles. The Labute approximate surface area is 107 Å². The van der Waals surface area contributed by atoms with Crippen LogP contribution in [0.1, 0.15) is 16.2 Å². The van der Waals surface area contributed by atoms with Crippen LogP contribution in [-0.2, 0) is 6.42 Å². The molecule has 5 heteroatoms. The standard InChI is InChI=1S/C11H9BrClN3/c12-9(11-15-3-1-4-16-11)6-8-2-5-14-7-10(8)13/h1-5,7,9H,6H2. The molecule has 0 radical (unpaired) electrons. The highest BCUT2D eigenvalue weighted by atomic mass is 79.9. The second kappa shape index (κ2) is 5.37. The molecule has 0 N–H and O–H groups in total. The molecule has 3 nitrogen and oxygen atoms in total. The summed E-state index contributed by atoms with van der Waals surface area (Å²) in [7, 11) is 0. The molecule has 1 atom stereocenters. The van der Waals surface area contributed by atoms with E-state index >= 15 is 0 Å². The molecule has 0 spiro atoms. The molecule has 0 saturated heterocycles. The second-order valence-corrected chi connectivity index (χ2v) is 4.76. The molecule has 2 aromatic heterocycles. The van der Waals surface area contributed by atoms with Gasteiger partial charge in [0.1, 0.15) is 5.82 Å². The van der Waals surface area contributed by atoms with E-state index in [9.17, 15) is 0 Å². The number of nitrogens with zero attached hydrogens (tertiary/aromatic N) is 3. The van der Waals surface area contributed by atoms with Crippen LogP contribution in [0.4, 0.5) is 0 Å². The Bertz CT molecular complexity index is 464. The smallest absolute Gasteiger partial charge is 0.142 e. The first-order valence-electron chi connectivity index (χ1n) is 4.77. The lowest BCUT2D eigenvalue weighted by atomic mass is 10.1. The molecule has 82 valence electrons. The molecule has 0 aliphatic heterocycles. The van der Waals surface area contributed by atoms with Crippen molar-refractivity contribution in [2.75, 3.05) is 0 Å². The van der Waals surface area contributed by atoms with Gasteiger partial charge in [0.05, 0.1) is 9.85 Å². The molecule has 0 fully saturated rings. The van der Waals surface area contributed by atoms with Gasteiger partial charge in [-0.2, -0.15) is 0 Å². The van der Waals surface area contributed by atoms with E-state index in [4.69, 9.17) is 11.6 Å². The summed E-state index contributed by atoms with van der Waals surface area (Å²) in [6.07, 6.45) is 7.57. The number of hydrogen-bond donors (Lipinski definition) is 0. The van der Waals surface area contributed by atoms with Gasteiger partial charge in [-0.1, -0.05) is 27.5 Å². The maximum absolute atomic E-state index is 6.03. The van der Waals surface area contributed by atoms with Gasteiger partial charge in [-0.05, 0) is 24.1 Å². The first-order chi connectivity index (χ1) is 7.77. The van der Waals surface area contributed by atoms with Crippen LogP contribution in [-0.4, -0.2) is 15.0 Å². The molecule has 0 aromatic carbocycles. The van der Waals surface area contributed by atoms with E-state index in [1.54, 1.807) is 30.9 Å². The molecular weight excluding hydrogens is 289 g/mol. The fourth-order valence-electron chi connectivity index (χ4n) is 1.33. The summed E-state index contributed by atoms with van der Waals surface area (Å²) < 4.78 is 0. The van der Waals surface area contributed by atoms with Crippen molar-refractivity contribution >= 4 is 27.5 Å². The highest BCUT2D eigenvalue weighted by Gasteiger charge is 2.12. The SMILES string of the molecule is Clc1cnccc1CC(Br)c1ncccn1. The molecule has 16 heavy (non-hydrogen) atoms. The molecule has 2 rings (SSSR count). The molecule has 2 heterocycles. The van der Waals surface area contributed by atoms with Crippen molar-refractivity contribution in [3.8, 4) is 0 Å². The predicted octanol–water partition coefficient (Wildman–Crippen LogP) is 3.20. The van der Waals surface area contributed by atoms with Gasteiger partial charge in [0.15, 0.2) is 0 Å². The molecule has 0 amide bonds. The fraction of sp³-hybridized carbons (Fsp3) is 0.182. The third-order valence-electron chi connectivity index (χ3n) is 2.12. The van der Waals surface area contributed by atoms with Crippen molar-refractivity contribution in [3.63, 3.8) is 0 Å². The van der Waals surface area contributed by atoms with Gasteiger partial charge < -0.3 is 0 Å². The maximum Gasteiger partial charge on any atom is 0.142 e. The number of alkyl halides is 1. The van der Waals surface area contributed by atoms with Crippen LogP contribution in [0.5, 0.6) is 0 Å². The lowest BCUT2D eigenvalue weighted by Crippen LogP contribution is -2.01. The Hall–Kier alpha value is -1.00. The molecule has 0 bridgehead atoms. The van der Waals surface area contributed by atoms with E-state index in [-0.39, 0.29) is 4.83 Å². The van der Waals surface area contributed by atoms with Gasteiger partial charge in [-0.25, -0.2) is 9.97 Å². The van der Waals surface area contributed by atoms with E-state index < -0.39 is 0 Å². The van der Waals surface area contributed by atoms with Crippen molar-refractivity contribution in [2.24, 2.45) is 0 Å². The summed E-state index contributed by atoms with van der Waals surface area (Å²) in [5, 5.41) is 0.669. The van der Waals surface area contributed by atoms with E-state index in [0.717, 1.165) is 17.8 Å². The lowest BCUT2D eigenvalue weighted by molar-refractivity contribution is 0.847. The van der Waals surface area contributed by atoms with Gasteiger partial charge in [0.2, 0.25) is 0 Å². The van der Waals surface area contributed by atoms with Crippen molar-refractivity contribution in [2.45, 2.75) is 11.2 Å². The zero-order valence-electron chi connectivity index (χ0n) is 8.35. The lowest BCUT2D eigenvalue weighted by Gasteiger charge is -2.08. The Balaban J connectivity index is 2.14. The van der Waals surface area contributed by atoms with Crippen LogP contribution in [0, 0.1) is 0 Å². The number of halogens is 2. The number of pyridine rings is 1. The van der Waals surface area contributed by atoms with Crippen LogP contribution >= 0.6 is 27.5 Å². The van der Waals surface area contributed by atoms with Gasteiger partial charge >= 0.3 is 0 Å². The minimum atomic E-state index is 0.0635. The molecule has 0 saturated carbocycles. The molecule has 2 aromatic rings. The largest absolute Gasteiger partial charge is 0.263 e. The number of hydrogen-bond acceptors (Lipinski definition) is 3. The van der Waals surface area contributed by atoms with Crippen LogP contribution in [0.25, 0.3) is 0 Å². The Morgan fingerprint density at radius 3 is 2.69 bits per heavy atom. The average Bonchev–Trinajstić information content (AvgIpc) is 2.33. The molecule has 1 unspecified atom stereocenters. The van der Waals surface area contributed by atoms with Crippen LogP contribution in [0.15, 0.2) is 36.9 Å². The summed E-state index contributed by atoms with van der Waals surface area (Å²) in [5.74, 6) is 0.760.